The molecule has 0 radical (unpaired) electrons. The van der Waals surface area contributed by atoms with Gasteiger partial charge in [0.15, 0.2) is 0 Å². The van der Waals surface area contributed by atoms with E-state index < -0.39 is 0 Å². The van der Waals surface area contributed by atoms with E-state index in [0.29, 0.717) is 35.2 Å². The molecule has 0 heterocycles. The highest BCUT2D eigenvalue weighted by molar-refractivity contribution is 14.1. The number of benzene rings is 5. The average molecular weight is 1120 g/mol. The Bertz CT molecular complexity index is 2040. The predicted octanol–water partition coefficient (Wildman–Crippen LogP) is 19.5. The Balaban J connectivity index is 0.000000394. The molecule has 9 heteroatoms. The molecule has 0 fully saturated rings. The van der Waals surface area contributed by atoms with Gasteiger partial charge in [0, 0.05) is 32.5 Å². The summed E-state index contributed by atoms with van der Waals surface area (Å²) in [6, 6.07) is 29.4. The predicted molar refractivity (Wildman–Crippen MR) is 301 cm³/mol. The van der Waals surface area contributed by atoms with Gasteiger partial charge in [-0.05, 0) is 173 Å². The van der Waals surface area contributed by atoms with E-state index >= 15 is 0 Å². The largest absolute Gasteiger partial charge is 0.497 e. The normalized spacial score (nSPS) is 10.6. The van der Waals surface area contributed by atoms with E-state index in [9.17, 15) is 4.39 Å². The second kappa shape index (κ2) is 31.3. The van der Waals surface area contributed by atoms with Crippen LogP contribution in [0.4, 0.5) is 4.39 Å². The van der Waals surface area contributed by atoms with E-state index in [1.54, 1.807) is 42.8 Å². The Hall–Kier alpha value is -1.65. The van der Waals surface area contributed by atoms with Crippen LogP contribution in [0.25, 0.3) is 0 Å². The zero-order chi connectivity index (χ0) is 48.0. The summed E-state index contributed by atoms with van der Waals surface area (Å²) in [6.45, 7) is 24.1. The molecule has 0 saturated heterocycles. The van der Waals surface area contributed by atoms with Crippen molar-refractivity contribution in [3.8, 4) is 18.1 Å². The van der Waals surface area contributed by atoms with Crippen LogP contribution in [-0.4, -0.2) is 38.4 Å². The fourth-order valence-corrected chi connectivity index (χ4v) is 11.4. The highest BCUT2D eigenvalue weighted by Gasteiger charge is 2.11. The van der Waals surface area contributed by atoms with Gasteiger partial charge in [0.2, 0.25) is 0 Å². The van der Waals surface area contributed by atoms with Crippen LogP contribution in [0.2, 0.25) is 0 Å². The van der Waals surface area contributed by atoms with Crippen molar-refractivity contribution in [2.24, 2.45) is 0 Å². The van der Waals surface area contributed by atoms with Gasteiger partial charge in [-0.1, -0.05) is 127 Å². The molecule has 344 valence electrons. The van der Waals surface area contributed by atoms with Gasteiger partial charge in [-0.25, -0.2) is 4.39 Å². The first kappa shape index (κ1) is 59.4. The Labute approximate surface area is 426 Å². The van der Waals surface area contributed by atoms with E-state index in [2.05, 4.69) is 199 Å². The maximum Gasteiger partial charge on any atom is 0.139 e. The van der Waals surface area contributed by atoms with E-state index in [0.717, 1.165) is 20.7 Å². The van der Waals surface area contributed by atoms with Crippen LogP contribution in [0.15, 0.2) is 114 Å². The molecule has 0 N–H and O–H groups in total. The molecule has 0 unspecified atom stereocenters. The quantitative estimate of drug-likeness (QED) is 0.0735. The van der Waals surface area contributed by atoms with Gasteiger partial charge in [-0.15, -0.1) is 65.2 Å². The van der Waals surface area contributed by atoms with Crippen molar-refractivity contribution in [3.05, 3.63) is 138 Å². The van der Waals surface area contributed by atoms with Crippen molar-refractivity contribution in [2.45, 2.75) is 130 Å². The molecule has 5 aromatic carbocycles. The molecule has 0 aliphatic carbocycles. The molecule has 63 heavy (non-hydrogen) atoms. The van der Waals surface area contributed by atoms with E-state index in [1.165, 1.54) is 51.0 Å². The third kappa shape index (κ3) is 20.4. The average Bonchev–Trinajstić information content (AvgIpc) is 3.26. The van der Waals surface area contributed by atoms with Crippen molar-refractivity contribution in [1.29, 1.82) is 0 Å². The van der Waals surface area contributed by atoms with Gasteiger partial charge < -0.3 is 4.74 Å². The van der Waals surface area contributed by atoms with Crippen molar-refractivity contribution >= 4 is 97.3 Å². The van der Waals surface area contributed by atoms with Crippen LogP contribution in [0.3, 0.4) is 0 Å². The van der Waals surface area contributed by atoms with Crippen LogP contribution in [0.5, 0.6) is 5.75 Å². The standard InChI is InChI=1S/C12H13FS.C11H16OS.C11H16S.C10H13BrS.C10H13IS/c1-5-9-6-12(14-4)10(8(2)3)7-11(9)13;1-8(2)10-6-5-9(12-3)7-11(10)13-4;1-8(2)10-6-5-9(3)7-11(10)12-4;2*1-7(2)9-5-4-8(11)6-10(9)12-3/h1,6-8H,2-4H3;5-8H,1-4H3;5-8H,1-4H3;2*4-7H,1-3H3. The minimum atomic E-state index is -0.297. The lowest BCUT2D eigenvalue weighted by Gasteiger charge is -2.11. The zero-order valence-electron chi connectivity index (χ0n) is 40.6. The lowest BCUT2D eigenvalue weighted by atomic mass is 10.0. The maximum atomic E-state index is 13.4. The number of hydrogen-bond acceptors (Lipinski definition) is 6. The number of aryl methyl sites for hydroxylation is 1. The lowest BCUT2D eigenvalue weighted by molar-refractivity contribution is 0.413. The van der Waals surface area contributed by atoms with Gasteiger partial charge in [0.05, 0.1) is 12.7 Å². The van der Waals surface area contributed by atoms with E-state index in [4.69, 9.17) is 11.2 Å². The van der Waals surface area contributed by atoms with Crippen LogP contribution in [0.1, 0.15) is 138 Å². The summed E-state index contributed by atoms with van der Waals surface area (Å²) in [4.78, 5) is 6.59. The van der Waals surface area contributed by atoms with Gasteiger partial charge in [-0.3, -0.25) is 0 Å². The summed E-state index contributed by atoms with van der Waals surface area (Å²) in [7, 11) is 1.70. The van der Waals surface area contributed by atoms with Gasteiger partial charge in [0.1, 0.15) is 11.6 Å². The van der Waals surface area contributed by atoms with Gasteiger partial charge >= 0.3 is 0 Å². The molecule has 5 rings (SSSR count). The lowest BCUT2D eigenvalue weighted by Crippen LogP contribution is -1.95. The molecule has 0 spiro atoms. The molecule has 0 aliphatic heterocycles. The van der Waals surface area contributed by atoms with Crippen molar-refractivity contribution in [3.63, 3.8) is 0 Å². The second-order valence-corrected chi connectivity index (χ2v) is 22.5. The minimum absolute atomic E-state index is 0.297. The van der Waals surface area contributed by atoms with Crippen LogP contribution in [0, 0.1) is 28.7 Å². The first-order chi connectivity index (χ1) is 29.7. The molecular formula is C54H71BrFIOS5. The first-order valence-electron chi connectivity index (χ1n) is 21.1. The second-order valence-electron chi connectivity index (χ2n) is 16.1. The highest BCUT2D eigenvalue weighted by Crippen LogP contribution is 2.33. The monoisotopic (exact) mass is 1120 g/mol. The number of thioether (sulfide) groups is 5. The third-order valence-corrected chi connectivity index (χ3v) is 14.9. The molecule has 0 atom stereocenters. The Morgan fingerprint density at radius 3 is 1.33 bits per heavy atom. The van der Waals surface area contributed by atoms with Crippen LogP contribution in [-0.2, 0) is 0 Å². The molecular weight excluding hydrogens is 1050 g/mol. The third-order valence-electron chi connectivity index (χ3n) is 9.81. The smallest absolute Gasteiger partial charge is 0.139 e. The summed E-state index contributed by atoms with van der Waals surface area (Å²) in [5.74, 6) is 5.76. The molecule has 0 aromatic heterocycles. The molecule has 0 amide bonds. The first-order valence-corrected chi connectivity index (χ1v) is 29.1. The summed E-state index contributed by atoms with van der Waals surface area (Å²) in [6.07, 6.45) is 15.7. The van der Waals surface area contributed by atoms with Crippen molar-refractivity contribution < 1.29 is 9.13 Å². The highest BCUT2D eigenvalue weighted by atomic mass is 127. The topological polar surface area (TPSA) is 9.23 Å². The number of terminal acetylenes is 1. The number of rotatable bonds is 11. The molecule has 0 bridgehead atoms. The van der Waals surface area contributed by atoms with Crippen LogP contribution >= 0.6 is 97.3 Å². The Morgan fingerprint density at radius 2 is 0.905 bits per heavy atom. The maximum absolute atomic E-state index is 13.4. The van der Waals surface area contributed by atoms with E-state index in [-0.39, 0.29) is 5.82 Å². The fraction of sp³-hybridized carbons (Fsp3) is 0.407. The summed E-state index contributed by atoms with van der Waals surface area (Å²) in [5.41, 5.74) is 8.48. The van der Waals surface area contributed by atoms with Crippen molar-refractivity contribution in [2.75, 3.05) is 38.4 Å². The zero-order valence-corrected chi connectivity index (χ0v) is 48.5. The number of halogens is 3. The van der Waals surface area contributed by atoms with Gasteiger partial charge in [-0.2, -0.15) is 0 Å². The minimum Gasteiger partial charge on any atom is -0.497 e. The summed E-state index contributed by atoms with van der Waals surface area (Å²) >= 11 is 14.7. The molecule has 0 aliphatic rings. The van der Waals surface area contributed by atoms with Crippen LogP contribution < -0.4 is 4.74 Å². The molecule has 0 saturated carbocycles. The Kier molecular flexibility index (Phi) is 29.5. The summed E-state index contributed by atoms with van der Waals surface area (Å²) in [5, 5.41) is 0. The van der Waals surface area contributed by atoms with Gasteiger partial charge in [0.25, 0.3) is 0 Å². The SMILES string of the molecule is C#Cc1cc(SC)c(C(C)C)cc1F.COc1ccc(C(C)C)c(SC)c1.CSc1cc(Br)ccc1C(C)C.CSc1cc(C)ccc1C(C)C.CSc1cc(I)ccc1C(C)C. The molecule has 5 aromatic rings. The Morgan fingerprint density at radius 1 is 0.524 bits per heavy atom. The molecule has 1 nitrogen and oxygen atoms in total. The van der Waals surface area contributed by atoms with E-state index in [1.807, 2.05) is 61.5 Å². The van der Waals surface area contributed by atoms with Crippen molar-refractivity contribution in [1.82, 2.24) is 0 Å². The summed E-state index contributed by atoms with van der Waals surface area (Å²) < 4.78 is 21.0. The number of methoxy groups -OCH3 is 1. The number of ether oxygens (including phenoxy) is 1. The number of hydrogen-bond donors (Lipinski definition) is 0. The fourth-order valence-electron chi connectivity index (χ4n) is 6.22.